The second-order valence-corrected chi connectivity index (χ2v) is 7.06. The Balaban J connectivity index is 2.24. The molecule has 132 valence electrons. The fourth-order valence-electron chi connectivity index (χ4n) is 2.59. The Labute approximate surface area is 152 Å². The van der Waals surface area contributed by atoms with Crippen LogP contribution in [0.5, 0.6) is 0 Å². The minimum absolute atomic E-state index is 0.00818. The van der Waals surface area contributed by atoms with Crippen molar-refractivity contribution >= 4 is 34.5 Å². The number of halogens is 1. The Morgan fingerprint density at radius 3 is 2.48 bits per heavy atom. The molecule has 0 saturated carbocycles. The average molecular weight is 381 g/mol. The minimum Gasteiger partial charge on any atom is -0.396 e. The standard InChI is InChI=1S/C16H17ClN4O3S/c1-19-13-12(14(23)20(2)16(19)24)21(15(18-13)25-8-7-22)9-10-3-5-11(17)6-4-10/h3-6,22H,7-9H2,1-2H3. The molecule has 3 rings (SSSR count). The number of aromatic nitrogens is 4. The van der Waals surface area contributed by atoms with Gasteiger partial charge in [-0.15, -0.1) is 0 Å². The van der Waals surface area contributed by atoms with Crippen molar-refractivity contribution in [3.8, 4) is 0 Å². The molecular formula is C16H17ClN4O3S. The summed E-state index contributed by atoms with van der Waals surface area (Å²) in [5.74, 6) is 0.443. The number of benzene rings is 1. The predicted octanol–water partition coefficient (Wildman–Crippen LogP) is 1.22. The third-order valence-corrected chi connectivity index (χ3v) is 5.10. The zero-order chi connectivity index (χ0) is 18.1. The molecule has 2 aromatic heterocycles. The Kier molecular flexibility index (Phi) is 5.03. The van der Waals surface area contributed by atoms with E-state index in [9.17, 15) is 9.59 Å². The van der Waals surface area contributed by atoms with E-state index < -0.39 is 11.2 Å². The molecule has 0 atom stereocenters. The van der Waals surface area contributed by atoms with E-state index in [4.69, 9.17) is 16.7 Å². The van der Waals surface area contributed by atoms with Crippen molar-refractivity contribution in [2.75, 3.05) is 12.4 Å². The molecular weight excluding hydrogens is 364 g/mol. The monoisotopic (exact) mass is 380 g/mol. The van der Waals surface area contributed by atoms with Gasteiger partial charge in [0.05, 0.1) is 13.2 Å². The summed E-state index contributed by atoms with van der Waals surface area (Å²) >= 11 is 7.27. The molecule has 0 saturated heterocycles. The van der Waals surface area contributed by atoms with Gasteiger partial charge in [0, 0.05) is 24.9 Å². The summed E-state index contributed by atoms with van der Waals surface area (Å²) in [6, 6.07) is 7.32. The molecule has 0 spiro atoms. The van der Waals surface area contributed by atoms with E-state index in [-0.39, 0.29) is 6.61 Å². The lowest BCUT2D eigenvalue weighted by Gasteiger charge is -2.09. The van der Waals surface area contributed by atoms with Gasteiger partial charge in [-0.3, -0.25) is 13.9 Å². The van der Waals surface area contributed by atoms with Crippen LogP contribution in [-0.4, -0.2) is 36.2 Å². The fraction of sp³-hybridized carbons (Fsp3) is 0.312. The van der Waals surface area contributed by atoms with E-state index in [1.165, 1.54) is 23.4 Å². The summed E-state index contributed by atoms with van der Waals surface area (Å²) < 4.78 is 4.21. The number of imidazole rings is 1. The maximum atomic E-state index is 12.7. The van der Waals surface area contributed by atoms with Gasteiger partial charge in [0.15, 0.2) is 16.3 Å². The van der Waals surface area contributed by atoms with Crippen molar-refractivity contribution < 1.29 is 5.11 Å². The summed E-state index contributed by atoms with van der Waals surface area (Å²) in [7, 11) is 3.04. The molecule has 3 aromatic rings. The van der Waals surface area contributed by atoms with E-state index in [1.807, 2.05) is 12.1 Å². The quantitative estimate of drug-likeness (QED) is 0.673. The second kappa shape index (κ2) is 7.07. The molecule has 9 heteroatoms. The normalized spacial score (nSPS) is 11.4. The molecule has 0 aliphatic carbocycles. The van der Waals surface area contributed by atoms with Crippen LogP contribution in [0.3, 0.4) is 0 Å². The van der Waals surface area contributed by atoms with Gasteiger partial charge in [-0.1, -0.05) is 35.5 Å². The van der Waals surface area contributed by atoms with E-state index in [2.05, 4.69) is 4.98 Å². The molecule has 2 heterocycles. The molecule has 25 heavy (non-hydrogen) atoms. The van der Waals surface area contributed by atoms with Crippen LogP contribution in [0.4, 0.5) is 0 Å². The molecule has 1 N–H and O–H groups in total. The highest BCUT2D eigenvalue weighted by molar-refractivity contribution is 7.99. The SMILES string of the molecule is Cn1c(=O)c2c(nc(SCCO)n2Cc2ccc(Cl)cc2)n(C)c1=O. The summed E-state index contributed by atoms with van der Waals surface area (Å²) in [5.41, 5.74) is 0.829. The van der Waals surface area contributed by atoms with Crippen molar-refractivity contribution in [2.24, 2.45) is 14.1 Å². The highest BCUT2D eigenvalue weighted by Gasteiger charge is 2.19. The first-order chi connectivity index (χ1) is 11.9. The first-order valence-corrected chi connectivity index (χ1v) is 8.94. The van der Waals surface area contributed by atoms with Gasteiger partial charge < -0.3 is 9.67 Å². The van der Waals surface area contributed by atoms with E-state index in [0.717, 1.165) is 10.1 Å². The Morgan fingerprint density at radius 1 is 1.16 bits per heavy atom. The van der Waals surface area contributed by atoms with Gasteiger partial charge >= 0.3 is 5.69 Å². The van der Waals surface area contributed by atoms with E-state index in [0.29, 0.717) is 33.6 Å². The number of aliphatic hydroxyl groups excluding tert-OH is 1. The molecule has 0 unspecified atom stereocenters. The van der Waals surface area contributed by atoms with E-state index in [1.54, 1.807) is 23.7 Å². The van der Waals surface area contributed by atoms with Crippen molar-refractivity contribution in [2.45, 2.75) is 11.7 Å². The molecule has 1 aromatic carbocycles. The molecule has 0 amide bonds. The van der Waals surface area contributed by atoms with Gasteiger partial charge in [-0.05, 0) is 17.7 Å². The number of nitrogens with zero attached hydrogens (tertiary/aromatic N) is 4. The summed E-state index contributed by atoms with van der Waals surface area (Å²) in [6.45, 7) is 0.403. The zero-order valence-corrected chi connectivity index (χ0v) is 15.3. The van der Waals surface area contributed by atoms with Crippen molar-refractivity contribution in [3.05, 3.63) is 55.7 Å². The Bertz CT molecular complexity index is 1040. The van der Waals surface area contributed by atoms with Crippen LogP contribution in [-0.2, 0) is 20.6 Å². The summed E-state index contributed by atoms with van der Waals surface area (Å²) in [5, 5.41) is 10.3. The largest absolute Gasteiger partial charge is 0.396 e. The number of rotatable bonds is 5. The van der Waals surface area contributed by atoms with E-state index >= 15 is 0 Å². The third kappa shape index (κ3) is 3.24. The molecule has 0 radical (unpaired) electrons. The second-order valence-electron chi connectivity index (χ2n) is 5.56. The van der Waals surface area contributed by atoms with Crippen LogP contribution >= 0.6 is 23.4 Å². The highest BCUT2D eigenvalue weighted by Crippen LogP contribution is 2.23. The number of hydrogen-bond donors (Lipinski definition) is 1. The average Bonchev–Trinajstić information content (AvgIpc) is 2.96. The number of fused-ring (bicyclic) bond motifs is 1. The molecule has 0 aliphatic rings. The topological polar surface area (TPSA) is 82.1 Å². The van der Waals surface area contributed by atoms with Crippen LogP contribution in [0.25, 0.3) is 11.2 Å². The Hall–Kier alpha value is -2.03. The maximum Gasteiger partial charge on any atom is 0.332 e. The Morgan fingerprint density at radius 2 is 1.84 bits per heavy atom. The smallest absolute Gasteiger partial charge is 0.332 e. The molecule has 0 fully saturated rings. The first-order valence-electron chi connectivity index (χ1n) is 7.58. The lowest BCUT2D eigenvalue weighted by molar-refractivity contribution is 0.322. The molecule has 0 bridgehead atoms. The van der Waals surface area contributed by atoms with Crippen LogP contribution in [0.2, 0.25) is 5.02 Å². The molecule has 7 nitrogen and oxygen atoms in total. The number of hydrogen-bond acceptors (Lipinski definition) is 5. The van der Waals surface area contributed by atoms with Crippen LogP contribution in [0.1, 0.15) is 5.56 Å². The number of aliphatic hydroxyl groups is 1. The van der Waals surface area contributed by atoms with Crippen LogP contribution < -0.4 is 11.2 Å². The van der Waals surface area contributed by atoms with Crippen molar-refractivity contribution in [1.29, 1.82) is 0 Å². The van der Waals surface area contributed by atoms with Gasteiger partial charge in [0.2, 0.25) is 0 Å². The number of aryl methyl sites for hydroxylation is 1. The van der Waals surface area contributed by atoms with Crippen LogP contribution in [0, 0.1) is 0 Å². The predicted molar refractivity (Wildman–Crippen MR) is 98.6 cm³/mol. The van der Waals surface area contributed by atoms with Gasteiger partial charge in [-0.2, -0.15) is 0 Å². The zero-order valence-electron chi connectivity index (χ0n) is 13.8. The lowest BCUT2D eigenvalue weighted by Crippen LogP contribution is -2.37. The van der Waals surface area contributed by atoms with Gasteiger partial charge in [0.1, 0.15) is 0 Å². The molecule has 0 aliphatic heterocycles. The number of thioether (sulfide) groups is 1. The fourth-order valence-corrected chi connectivity index (χ4v) is 3.46. The third-order valence-electron chi connectivity index (χ3n) is 3.89. The summed E-state index contributed by atoms with van der Waals surface area (Å²) in [4.78, 5) is 29.3. The van der Waals surface area contributed by atoms with Gasteiger partial charge in [-0.25, -0.2) is 9.78 Å². The lowest BCUT2D eigenvalue weighted by atomic mass is 10.2. The van der Waals surface area contributed by atoms with Crippen molar-refractivity contribution in [3.63, 3.8) is 0 Å². The minimum atomic E-state index is -0.424. The summed E-state index contributed by atoms with van der Waals surface area (Å²) in [6.07, 6.45) is 0. The maximum absolute atomic E-state index is 12.7. The van der Waals surface area contributed by atoms with Crippen molar-refractivity contribution in [1.82, 2.24) is 18.7 Å². The first kappa shape index (κ1) is 17.8. The van der Waals surface area contributed by atoms with Gasteiger partial charge in [0.25, 0.3) is 5.56 Å². The highest BCUT2D eigenvalue weighted by atomic mass is 35.5. The van der Waals surface area contributed by atoms with Crippen LogP contribution in [0.15, 0.2) is 39.0 Å².